The molecule has 2 heterocycles. The maximum Gasteiger partial charge on any atom is 0.338 e. The van der Waals surface area contributed by atoms with Gasteiger partial charge in [-0.25, -0.2) is 4.79 Å². The average Bonchev–Trinajstić information content (AvgIpc) is 3.15. The van der Waals surface area contributed by atoms with Gasteiger partial charge in [-0.3, -0.25) is 9.00 Å². The van der Waals surface area contributed by atoms with Crippen LogP contribution in [0.4, 0.5) is 0 Å². The van der Waals surface area contributed by atoms with Crippen molar-refractivity contribution in [3.05, 3.63) is 34.5 Å². The van der Waals surface area contributed by atoms with E-state index in [0.717, 1.165) is 0 Å². The van der Waals surface area contributed by atoms with Gasteiger partial charge in [0.25, 0.3) is 0 Å². The number of aromatic hydroxyl groups is 1. The number of methoxy groups -OCH3 is 1. The highest BCUT2D eigenvalue weighted by molar-refractivity contribution is 7.84. The molecule has 168 valence electrons. The number of phenolic OH excluding ortho intramolecular Hbond substituents is 1. The first-order valence-electron chi connectivity index (χ1n) is 9.81. The van der Waals surface area contributed by atoms with E-state index in [1.807, 2.05) is 0 Å². The van der Waals surface area contributed by atoms with Crippen LogP contribution in [0.5, 0.6) is 11.5 Å². The van der Waals surface area contributed by atoms with Crippen LogP contribution in [-0.2, 0) is 26.1 Å². The molecular formula is C20H25N3O7S. The minimum absolute atomic E-state index is 0.0353. The lowest BCUT2D eigenvalue weighted by Crippen LogP contribution is -2.32. The fraction of sp³-hybridized carbons (Fsp3) is 0.500. The van der Waals surface area contributed by atoms with E-state index in [1.54, 1.807) is 13.8 Å². The third-order valence-corrected chi connectivity index (χ3v) is 6.23. The van der Waals surface area contributed by atoms with Gasteiger partial charge in [0.1, 0.15) is 17.5 Å². The number of aryl methyl sites for hydroxylation is 1. The topological polar surface area (TPSA) is 141 Å². The molecule has 0 saturated heterocycles. The van der Waals surface area contributed by atoms with E-state index in [4.69, 9.17) is 14.0 Å². The van der Waals surface area contributed by atoms with E-state index in [-0.39, 0.29) is 53.2 Å². The second-order valence-electron chi connectivity index (χ2n) is 7.22. The second-order valence-corrected chi connectivity index (χ2v) is 8.72. The van der Waals surface area contributed by atoms with Gasteiger partial charge in [0.15, 0.2) is 5.82 Å². The minimum atomic E-state index is -1.60. The molecule has 0 spiro atoms. The number of esters is 1. The largest absolute Gasteiger partial charge is 0.507 e. The molecule has 3 rings (SSSR count). The summed E-state index contributed by atoms with van der Waals surface area (Å²) in [7, 11) is -0.171. The summed E-state index contributed by atoms with van der Waals surface area (Å²) in [4.78, 5) is 29.2. The summed E-state index contributed by atoms with van der Waals surface area (Å²) in [5, 5.41) is 17.1. The fourth-order valence-corrected chi connectivity index (χ4v) is 4.69. The van der Waals surface area contributed by atoms with Crippen molar-refractivity contribution in [2.75, 3.05) is 19.5 Å². The third kappa shape index (κ3) is 5.40. The highest BCUT2D eigenvalue weighted by Crippen LogP contribution is 2.34. The molecule has 0 bridgehead atoms. The van der Waals surface area contributed by atoms with Crippen LogP contribution in [-0.4, -0.2) is 50.8 Å². The zero-order valence-corrected chi connectivity index (χ0v) is 18.4. The predicted octanol–water partition coefficient (Wildman–Crippen LogP) is 1.85. The van der Waals surface area contributed by atoms with Gasteiger partial charge in [-0.15, -0.1) is 0 Å². The monoisotopic (exact) mass is 451 g/mol. The zero-order valence-electron chi connectivity index (χ0n) is 17.6. The Balaban J connectivity index is 1.99. The molecule has 0 fully saturated rings. The van der Waals surface area contributed by atoms with Gasteiger partial charge in [0.2, 0.25) is 11.8 Å². The molecule has 11 heteroatoms. The van der Waals surface area contributed by atoms with Crippen LogP contribution in [0, 0.1) is 13.8 Å². The van der Waals surface area contributed by atoms with Crippen molar-refractivity contribution in [1.82, 2.24) is 15.5 Å². The lowest BCUT2D eigenvalue weighted by atomic mass is 10.0. The first-order valence-corrected chi connectivity index (χ1v) is 11.3. The Labute approximate surface area is 181 Å². The number of benzene rings is 1. The van der Waals surface area contributed by atoms with Crippen LogP contribution < -0.4 is 10.1 Å². The SMILES string of the molecule is COc1cc(O)c2c(c1C)C(=O)OCCCCC(=O)N[C@H](c1nc(C)no1)C[S@@](=O)C2. The molecule has 0 aliphatic carbocycles. The summed E-state index contributed by atoms with van der Waals surface area (Å²) in [6.45, 7) is 3.43. The number of aromatic nitrogens is 2. The number of cyclic esters (lactones) is 1. The number of rotatable bonds is 2. The highest BCUT2D eigenvalue weighted by Gasteiger charge is 2.28. The normalized spacial score (nSPS) is 20.9. The maximum absolute atomic E-state index is 13.0. The number of nitrogens with zero attached hydrogens (tertiary/aromatic N) is 2. The Hall–Kier alpha value is -2.95. The summed E-state index contributed by atoms with van der Waals surface area (Å²) >= 11 is 0. The van der Waals surface area contributed by atoms with Gasteiger partial charge in [-0.2, -0.15) is 4.98 Å². The van der Waals surface area contributed by atoms with E-state index in [9.17, 15) is 18.9 Å². The molecule has 1 aromatic carbocycles. The van der Waals surface area contributed by atoms with E-state index >= 15 is 0 Å². The predicted molar refractivity (Wildman–Crippen MR) is 110 cm³/mol. The Bertz CT molecular complexity index is 1000. The number of fused-ring (bicyclic) bond motifs is 1. The molecule has 1 aliphatic rings. The molecule has 10 nitrogen and oxygen atoms in total. The molecule has 1 aliphatic heterocycles. The van der Waals surface area contributed by atoms with E-state index < -0.39 is 22.8 Å². The molecule has 2 N–H and O–H groups in total. The molecule has 0 radical (unpaired) electrons. The van der Waals surface area contributed by atoms with Crippen molar-refractivity contribution >= 4 is 22.7 Å². The van der Waals surface area contributed by atoms with E-state index in [2.05, 4.69) is 15.5 Å². The smallest absolute Gasteiger partial charge is 0.338 e. The van der Waals surface area contributed by atoms with Crippen LogP contribution >= 0.6 is 0 Å². The molecule has 0 saturated carbocycles. The molecule has 1 amide bonds. The first-order chi connectivity index (χ1) is 14.8. The molecule has 31 heavy (non-hydrogen) atoms. The van der Waals surface area contributed by atoms with Crippen LogP contribution in [0.2, 0.25) is 0 Å². The van der Waals surface area contributed by atoms with Crippen molar-refractivity contribution in [3.63, 3.8) is 0 Å². The highest BCUT2D eigenvalue weighted by atomic mass is 32.2. The Morgan fingerprint density at radius 2 is 2.06 bits per heavy atom. The lowest BCUT2D eigenvalue weighted by Gasteiger charge is -2.19. The summed E-state index contributed by atoms with van der Waals surface area (Å²) < 4.78 is 28.8. The van der Waals surface area contributed by atoms with Crippen LogP contribution in [0.15, 0.2) is 10.6 Å². The maximum atomic E-state index is 13.0. The number of amides is 1. The summed E-state index contributed by atoms with van der Waals surface area (Å²) in [5.74, 6) is -0.415. The van der Waals surface area contributed by atoms with Crippen LogP contribution in [0.3, 0.4) is 0 Å². The van der Waals surface area contributed by atoms with Gasteiger partial charge in [-0.1, -0.05) is 5.16 Å². The number of nitrogens with one attached hydrogen (secondary N) is 1. The van der Waals surface area contributed by atoms with E-state index in [0.29, 0.717) is 30.0 Å². The summed E-state index contributed by atoms with van der Waals surface area (Å²) in [6.07, 6.45) is 1.19. The average molecular weight is 452 g/mol. The second kappa shape index (κ2) is 9.90. The third-order valence-electron chi connectivity index (χ3n) is 4.91. The van der Waals surface area contributed by atoms with Gasteiger partial charge in [0, 0.05) is 34.4 Å². The van der Waals surface area contributed by atoms with Crippen LogP contribution in [0.1, 0.15) is 58.5 Å². The van der Waals surface area contributed by atoms with Crippen LogP contribution in [0.25, 0.3) is 0 Å². The summed E-state index contributed by atoms with van der Waals surface area (Å²) in [6, 6.07) is 0.622. The van der Waals surface area contributed by atoms with Crippen molar-refractivity contribution < 1.29 is 32.9 Å². The van der Waals surface area contributed by atoms with Crippen molar-refractivity contribution in [3.8, 4) is 11.5 Å². The minimum Gasteiger partial charge on any atom is -0.507 e. The number of phenols is 1. The zero-order chi connectivity index (χ0) is 22.5. The summed E-state index contributed by atoms with van der Waals surface area (Å²) in [5.41, 5.74) is 0.823. The Morgan fingerprint density at radius 1 is 1.29 bits per heavy atom. The van der Waals surface area contributed by atoms with Gasteiger partial charge >= 0.3 is 5.97 Å². The molecule has 0 unspecified atom stereocenters. The lowest BCUT2D eigenvalue weighted by molar-refractivity contribution is -0.122. The van der Waals surface area contributed by atoms with Gasteiger partial charge in [0.05, 0.1) is 30.8 Å². The number of hydrogen-bond donors (Lipinski definition) is 2. The molecule has 1 aromatic heterocycles. The number of hydrogen-bond acceptors (Lipinski definition) is 9. The first kappa shape index (κ1) is 22.7. The number of carbonyl (C=O) groups is 2. The number of carbonyl (C=O) groups excluding carboxylic acids is 2. The molecule has 2 atom stereocenters. The standard InChI is InChI=1S/C20H25N3O7S/c1-11-16(28-3)8-15(24)13-9-31(27)10-14(19-21-12(2)23-30-19)22-17(25)6-4-5-7-29-20(26)18(11)13/h8,14,24H,4-7,9-10H2,1-3H3,(H,22,25)/t14-,31-/m0/s1. The van der Waals surface area contributed by atoms with Crippen molar-refractivity contribution in [1.29, 1.82) is 0 Å². The molecular weight excluding hydrogens is 426 g/mol. The number of ether oxygens (including phenoxy) is 2. The van der Waals surface area contributed by atoms with Crippen molar-refractivity contribution in [2.45, 2.75) is 44.9 Å². The quantitative estimate of drug-likeness (QED) is 0.654. The Kier molecular flexibility index (Phi) is 7.26. The van der Waals surface area contributed by atoms with E-state index in [1.165, 1.54) is 13.2 Å². The molecule has 2 aromatic rings. The Morgan fingerprint density at radius 3 is 2.74 bits per heavy atom. The van der Waals surface area contributed by atoms with Gasteiger partial charge in [-0.05, 0) is 26.7 Å². The van der Waals surface area contributed by atoms with Crippen molar-refractivity contribution in [2.24, 2.45) is 0 Å². The van der Waals surface area contributed by atoms with Gasteiger partial charge < -0.3 is 24.4 Å². The fourth-order valence-electron chi connectivity index (χ4n) is 3.36.